The van der Waals surface area contributed by atoms with Crippen LogP contribution in [0, 0.1) is 0 Å². The number of benzene rings is 1. The molecule has 19 heavy (non-hydrogen) atoms. The monoisotopic (exact) mass is 296 g/mol. The fraction of sp³-hybridized carbons (Fsp3) is 0.357. The van der Waals surface area contributed by atoms with E-state index in [1.54, 1.807) is 36.7 Å². The second-order valence-electron chi connectivity index (χ2n) is 4.02. The highest BCUT2D eigenvalue weighted by Gasteiger charge is 2.44. The topological polar surface area (TPSA) is 38.8 Å². The van der Waals surface area contributed by atoms with E-state index in [2.05, 4.69) is 0 Å². The average molecular weight is 296 g/mol. The van der Waals surface area contributed by atoms with Crippen molar-refractivity contribution in [2.75, 3.05) is 19.6 Å². The third-order valence-electron chi connectivity index (χ3n) is 2.88. The number of rotatable bonds is 6. The van der Waals surface area contributed by atoms with Gasteiger partial charge < -0.3 is 9.47 Å². The van der Waals surface area contributed by atoms with Gasteiger partial charge in [0.05, 0.1) is 7.11 Å². The summed E-state index contributed by atoms with van der Waals surface area (Å²) in [4.78, 5) is 12.0. The van der Waals surface area contributed by atoms with Crippen molar-refractivity contribution in [2.24, 2.45) is 0 Å². The molecule has 0 saturated carbocycles. The smallest absolute Gasteiger partial charge is 0.189 e. The van der Waals surface area contributed by atoms with E-state index in [1.165, 1.54) is 0 Å². The van der Waals surface area contributed by atoms with Crippen LogP contribution in [-0.4, -0.2) is 31.5 Å². The lowest BCUT2D eigenvalue weighted by Gasteiger charge is -2.00. The first-order chi connectivity index (χ1) is 9.19. The number of carbonyl (C=O) groups is 1. The molecule has 0 radical (unpaired) electrons. The van der Waals surface area contributed by atoms with E-state index in [4.69, 9.17) is 9.47 Å². The van der Waals surface area contributed by atoms with Crippen molar-refractivity contribution in [1.82, 2.24) is 0 Å². The Morgan fingerprint density at radius 3 is 2.42 bits per heavy atom. The van der Waals surface area contributed by atoms with Crippen LogP contribution in [0.3, 0.4) is 0 Å². The maximum absolute atomic E-state index is 12.0. The molecule has 1 aromatic carbocycles. The standard InChI is InChI=1S/C14H16O3S2/c1-16-10-6-4-9(5-7-10)13-14(17-13)11(15)8-12(18-2)19-3/h4-8,13-14H,1-3H3/t13-,14-/m1/s1. The Bertz CT molecular complexity index is 476. The highest BCUT2D eigenvalue weighted by molar-refractivity contribution is 8.21. The Kier molecular flexibility index (Phi) is 4.96. The average Bonchev–Trinajstić information content (AvgIpc) is 3.25. The van der Waals surface area contributed by atoms with Gasteiger partial charge in [-0.2, -0.15) is 0 Å². The lowest BCUT2D eigenvalue weighted by Crippen LogP contribution is -2.04. The van der Waals surface area contributed by atoms with E-state index in [1.807, 2.05) is 36.8 Å². The SMILES string of the molecule is COc1ccc([C@H]2O[C@@H]2C(=O)C=C(SC)SC)cc1. The molecule has 2 rings (SSSR count). The maximum atomic E-state index is 12.0. The fourth-order valence-corrected chi connectivity index (χ4v) is 2.91. The van der Waals surface area contributed by atoms with Crippen LogP contribution in [0.5, 0.6) is 5.75 Å². The summed E-state index contributed by atoms with van der Waals surface area (Å²) in [5.74, 6) is 0.846. The molecule has 1 aromatic rings. The van der Waals surface area contributed by atoms with Gasteiger partial charge in [0.25, 0.3) is 0 Å². The molecule has 1 fully saturated rings. The quantitative estimate of drug-likeness (QED) is 0.595. The van der Waals surface area contributed by atoms with Crippen molar-refractivity contribution in [3.63, 3.8) is 0 Å². The van der Waals surface area contributed by atoms with E-state index >= 15 is 0 Å². The zero-order valence-electron chi connectivity index (χ0n) is 11.1. The van der Waals surface area contributed by atoms with Gasteiger partial charge in [0.1, 0.15) is 11.9 Å². The van der Waals surface area contributed by atoms with Crippen LogP contribution >= 0.6 is 23.5 Å². The van der Waals surface area contributed by atoms with Crippen LogP contribution in [0.1, 0.15) is 11.7 Å². The van der Waals surface area contributed by atoms with E-state index in [-0.39, 0.29) is 18.0 Å². The number of ether oxygens (including phenoxy) is 2. The number of hydrogen-bond donors (Lipinski definition) is 0. The van der Waals surface area contributed by atoms with Crippen molar-refractivity contribution in [2.45, 2.75) is 12.2 Å². The Hall–Kier alpha value is -0.910. The van der Waals surface area contributed by atoms with Crippen molar-refractivity contribution in [3.05, 3.63) is 40.1 Å². The lowest BCUT2D eigenvalue weighted by molar-refractivity contribution is -0.115. The molecule has 0 spiro atoms. The van der Waals surface area contributed by atoms with Crippen LogP contribution in [0.4, 0.5) is 0 Å². The Morgan fingerprint density at radius 1 is 1.26 bits per heavy atom. The predicted octanol–water partition coefficient (Wildman–Crippen LogP) is 3.27. The molecule has 0 bridgehead atoms. The van der Waals surface area contributed by atoms with Crippen molar-refractivity contribution in [3.8, 4) is 5.75 Å². The molecule has 2 atom stereocenters. The van der Waals surface area contributed by atoms with Crippen LogP contribution in [-0.2, 0) is 9.53 Å². The van der Waals surface area contributed by atoms with Crippen LogP contribution in [0.25, 0.3) is 0 Å². The summed E-state index contributed by atoms with van der Waals surface area (Å²) in [6, 6.07) is 7.63. The number of thioether (sulfide) groups is 2. The molecule has 1 aliphatic heterocycles. The van der Waals surface area contributed by atoms with Crippen molar-refractivity contribution < 1.29 is 14.3 Å². The van der Waals surface area contributed by atoms with E-state index in [0.717, 1.165) is 15.6 Å². The normalized spacial score (nSPS) is 20.8. The summed E-state index contributed by atoms with van der Waals surface area (Å²) in [7, 11) is 1.63. The number of hydrogen-bond acceptors (Lipinski definition) is 5. The largest absolute Gasteiger partial charge is 0.497 e. The van der Waals surface area contributed by atoms with Gasteiger partial charge in [-0.3, -0.25) is 4.79 Å². The minimum atomic E-state index is -0.331. The molecule has 0 aliphatic carbocycles. The second-order valence-corrected chi connectivity index (χ2v) is 5.98. The van der Waals surface area contributed by atoms with E-state index in [0.29, 0.717) is 0 Å². The first kappa shape index (κ1) is 14.5. The van der Waals surface area contributed by atoms with Gasteiger partial charge in [0.15, 0.2) is 11.9 Å². The Morgan fingerprint density at radius 2 is 1.89 bits per heavy atom. The molecule has 0 aromatic heterocycles. The molecule has 102 valence electrons. The van der Waals surface area contributed by atoms with Gasteiger partial charge >= 0.3 is 0 Å². The fourth-order valence-electron chi connectivity index (χ4n) is 1.78. The van der Waals surface area contributed by atoms with Crippen molar-refractivity contribution >= 4 is 29.3 Å². The van der Waals surface area contributed by atoms with Gasteiger partial charge in [-0.05, 0) is 30.2 Å². The van der Waals surface area contributed by atoms with E-state index < -0.39 is 0 Å². The minimum absolute atomic E-state index is 0.0412. The first-order valence-corrected chi connectivity index (χ1v) is 8.27. The highest BCUT2D eigenvalue weighted by Crippen LogP contribution is 2.40. The molecule has 0 N–H and O–H groups in total. The molecule has 0 unspecified atom stereocenters. The molecule has 3 nitrogen and oxygen atoms in total. The van der Waals surface area contributed by atoms with Gasteiger partial charge in [-0.25, -0.2) is 0 Å². The summed E-state index contributed by atoms with van der Waals surface area (Å²) < 4.78 is 11.6. The third-order valence-corrected chi connectivity index (χ3v) is 4.92. The van der Waals surface area contributed by atoms with Crippen LogP contribution < -0.4 is 4.74 Å². The van der Waals surface area contributed by atoms with Gasteiger partial charge in [0, 0.05) is 10.3 Å². The molecule has 1 saturated heterocycles. The summed E-state index contributed by atoms with van der Waals surface area (Å²) >= 11 is 3.15. The third kappa shape index (κ3) is 3.55. The number of epoxide rings is 1. The van der Waals surface area contributed by atoms with Crippen LogP contribution in [0.15, 0.2) is 34.6 Å². The summed E-state index contributed by atoms with van der Waals surface area (Å²) in [5, 5.41) is 0. The maximum Gasteiger partial charge on any atom is 0.189 e. The second kappa shape index (κ2) is 6.50. The molecule has 0 amide bonds. The van der Waals surface area contributed by atoms with Gasteiger partial charge in [-0.15, -0.1) is 23.5 Å². The number of methoxy groups -OCH3 is 1. The van der Waals surface area contributed by atoms with E-state index in [9.17, 15) is 4.79 Å². The zero-order valence-corrected chi connectivity index (χ0v) is 12.7. The van der Waals surface area contributed by atoms with Crippen molar-refractivity contribution in [1.29, 1.82) is 0 Å². The minimum Gasteiger partial charge on any atom is -0.497 e. The summed E-state index contributed by atoms with van der Waals surface area (Å²) in [6.07, 6.45) is 5.15. The molecule has 1 heterocycles. The number of ketones is 1. The predicted molar refractivity (Wildman–Crippen MR) is 80.7 cm³/mol. The Balaban J connectivity index is 2.00. The van der Waals surface area contributed by atoms with Crippen LogP contribution in [0.2, 0.25) is 0 Å². The summed E-state index contributed by atoms with van der Waals surface area (Å²) in [6.45, 7) is 0. The molecule has 1 aliphatic rings. The zero-order chi connectivity index (χ0) is 13.8. The Labute approximate surface area is 121 Å². The lowest BCUT2D eigenvalue weighted by atomic mass is 10.1. The number of carbonyl (C=O) groups excluding carboxylic acids is 1. The first-order valence-electron chi connectivity index (χ1n) is 5.82. The molecular formula is C14H16O3S2. The van der Waals surface area contributed by atoms with Gasteiger partial charge in [0.2, 0.25) is 0 Å². The molecular weight excluding hydrogens is 280 g/mol. The van der Waals surface area contributed by atoms with Gasteiger partial charge in [-0.1, -0.05) is 12.1 Å². The summed E-state index contributed by atoms with van der Waals surface area (Å²) in [5.41, 5.74) is 1.02. The molecule has 5 heteroatoms. The highest BCUT2D eigenvalue weighted by atomic mass is 32.2.